The predicted octanol–water partition coefficient (Wildman–Crippen LogP) is 0.684. The highest BCUT2D eigenvalue weighted by atomic mass is 35.5. The van der Waals surface area contributed by atoms with Crippen molar-refractivity contribution >= 4 is 28.7 Å². The van der Waals surface area contributed by atoms with E-state index < -0.39 is 18.6 Å². The van der Waals surface area contributed by atoms with Crippen molar-refractivity contribution < 1.29 is 15.0 Å². The van der Waals surface area contributed by atoms with Crippen LogP contribution in [0.2, 0.25) is 5.02 Å². The Morgan fingerprint density at radius 3 is 2.73 bits per heavy atom. The van der Waals surface area contributed by atoms with Crippen molar-refractivity contribution in [2.75, 3.05) is 11.9 Å². The van der Waals surface area contributed by atoms with Crippen LogP contribution >= 0.6 is 11.6 Å². The molecule has 0 aliphatic carbocycles. The normalized spacial score (nSPS) is 12.3. The number of aliphatic hydroxyl groups excluding tert-OH is 2. The maximum atomic E-state index is 12.6. The van der Waals surface area contributed by atoms with Gasteiger partial charge in [-0.15, -0.1) is 0 Å². The maximum Gasteiger partial charge on any atom is 0.277 e. The van der Waals surface area contributed by atoms with Crippen molar-refractivity contribution in [2.45, 2.75) is 19.1 Å². The van der Waals surface area contributed by atoms with Gasteiger partial charge in [0.05, 0.1) is 18.5 Å². The Balaban J connectivity index is 1.78. The number of fused-ring (bicyclic) bond motifs is 1. The van der Waals surface area contributed by atoms with Crippen LogP contribution in [0.5, 0.6) is 0 Å². The molecule has 0 aliphatic rings. The minimum absolute atomic E-state index is 0.253. The standard InChI is InChI=1S/C17H17ClN4O4/c18-12-3-1-11(2-4-12)5-6-21-10-19-22-8-13(7-14(22)17(21)26)20-16(25)15(24)9-23/h1-4,7-8,10,15,23-24H,5-6,9H2,(H,20,25). The van der Waals surface area contributed by atoms with Crippen molar-refractivity contribution in [3.8, 4) is 0 Å². The number of nitrogens with zero attached hydrogens (tertiary/aromatic N) is 3. The zero-order chi connectivity index (χ0) is 18.7. The molecule has 3 rings (SSSR count). The van der Waals surface area contributed by atoms with E-state index in [-0.39, 0.29) is 11.1 Å². The number of halogens is 1. The summed E-state index contributed by atoms with van der Waals surface area (Å²) < 4.78 is 2.83. The summed E-state index contributed by atoms with van der Waals surface area (Å²) in [7, 11) is 0. The van der Waals surface area contributed by atoms with Gasteiger partial charge in [-0.1, -0.05) is 23.7 Å². The molecule has 1 amide bonds. The predicted molar refractivity (Wildman–Crippen MR) is 96.3 cm³/mol. The fraction of sp³-hybridized carbons (Fsp3) is 0.235. The fourth-order valence-corrected chi connectivity index (χ4v) is 2.59. The van der Waals surface area contributed by atoms with E-state index in [1.165, 1.54) is 27.7 Å². The molecule has 8 nitrogen and oxygen atoms in total. The van der Waals surface area contributed by atoms with E-state index in [4.69, 9.17) is 16.7 Å². The van der Waals surface area contributed by atoms with Crippen molar-refractivity contribution in [1.82, 2.24) is 14.2 Å². The Labute approximate surface area is 153 Å². The number of hydrogen-bond donors (Lipinski definition) is 3. The number of rotatable bonds is 6. The maximum absolute atomic E-state index is 12.6. The lowest BCUT2D eigenvalue weighted by molar-refractivity contribution is -0.125. The monoisotopic (exact) mass is 376 g/mol. The Kier molecular flexibility index (Phi) is 5.36. The first-order valence-corrected chi connectivity index (χ1v) is 8.28. The second-order valence-electron chi connectivity index (χ2n) is 5.75. The van der Waals surface area contributed by atoms with E-state index in [9.17, 15) is 14.7 Å². The van der Waals surface area contributed by atoms with Crippen LogP contribution in [-0.2, 0) is 17.8 Å². The molecule has 3 aromatic rings. The topological polar surface area (TPSA) is 109 Å². The van der Waals surface area contributed by atoms with Crippen LogP contribution in [0.3, 0.4) is 0 Å². The Bertz CT molecular complexity index is 981. The van der Waals surface area contributed by atoms with Gasteiger partial charge in [-0.25, -0.2) is 4.52 Å². The number of aryl methyl sites for hydroxylation is 2. The van der Waals surface area contributed by atoms with Gasteiger partial charge in [-0.3, -0.25) is 14.2 Å². The van der Waals surface area contributed by atoms with Crippen LogP contribution < -0.4 is 10.9 Å². The van der Waals surface area contributed by atoms with Gasteiger partial charge >= 0.3 is 0 Å². The van der Waals surface area contributed by atoms with Gasteiger partial charge in [0.1, 0.15) is 11.8 Å². The Morgan fingerprint density at radius 2 is 2.04 bits per heavy atom. The quantitative estimate of drug-likeness (QED) is 0.586. The molecule has 1 atom stereocenters. The number of nitrogens with one attached hydrogen (secondary N) is 1. The number of aliphatic hydroxyl groups is 2. The number of carbonyl (C=O) groups is 1. The van der Waals surface area contributed by atoms with Crippen LogP contribution in [0.4, 0.5) is 5.69 Å². The third-order valence-electron chi connectivity index (χ3n) is 3.89. The molecule has 0 bridgehead atoms. The minimum Gasteiger partial charge on any atom is -0.393 e. The number of amides is 1. The molecule has 0 saturated heterocycles. The van der Waals surface area contributed by atoms with Gasteiger partial charge in [0.15, 0.2) is 6.10 Å². The average Bonchev–Trinajstić information content (AvgIpc) is 3.05. The molecule has 3 N–H and O–H groups in total. The zero-order valence-electron chi connectivity index (χ0n) is 13.7. The molecule has 0 radical (unpaired) electrons. The fourth-order valence-electron chi connectivity index (χ4n) is 2.46. The summed E-state index contributed by atoms with van der Waals surface area (Å²) in [5, 5.41) is 25.3. The van der Waals surface area contributed by atoms with Crippen molar-refractivity contribution in [3.63, 3.8) is 0 Å². The molecule has 1 aromatic carbocycles. The first-order chi connectivity index (χ1) is 12.5. The van der Waals surface area contributed by atoms with E-state index >= 15 is 0 Å². The minimum atomic E-state index is -1.53. The second kappa shape index (κ2) is 7.69. The van der Waals surface area contributed by atoms with Crippen LogP contribution in [-0.4, -0.2) is 43.0 Å². The number of carbonyl (C=O) groups excluding carboxylic acids is 1. The van der Waals surface area contributed by atoms with Crippen molar-refractivity contribution in [1.29, 1.82) is 0 Å². The van der Waals surface area contributed by atoms with E-state index in [2.05, 4.69) is 10.4 Å². The molecule has 0 spiro atoms. The third-order valence-corrected chi connectivity index (χ3v) is 4.15. The van der Waals surface area contributed by atoms with Crippen LogP contribution in [0, 0.1) is 0 Å². The number of hydrogen-bond acceptors (Lipinski definition) is 5. The molecule has 1 unspecified atom stereocenters. The highest BCUT2D eigenvalue weighted by Crippen LogP contribution is 2.12. The highest BCUT2D eigenvalue weighted by molar-refractivity contribution is 6.30. The highest BCUT2D eigenvalue weighted by Gasteiger charge is 2.15. The largest absolute Gasteiger partial charge is 0.393 e. The van der Waals surface area contributed by atoms with Crippen LogP contribution in [0.1, 0.15) is 5.56 Å². The lowest BCUT2D eigenvalue weighted by atomic mass is 10.1. The Hall–Kier alpha value is -2.68. The van der Waals surface area contributed by atoms with Gasteiger partial charge in [-0.05, 0) is 30.2 Å². The summed E-state index contributed by atoms with van der Waals surface area (Å²) in [4.78, 5) is 24.2. The summed E-state index contributed by atoms with van der Waals surface area (Å²) in [6, 6.07) is 8.86. The summed E-state index contributed by atoms with van der Waals surface area (Å²) in [5.41, 5.74) is 1.39. The lowest BCUT2D eigenvalue weighted by Gasteiger charge is -2.06. The molecule has 0 aliphatic heterocycles. The first kappa shape index (κ1) is 18.1. The van der Waals surface area contributed by atoms with E-state index in [0.717, 1.165) is 5.56 Å². The van der Waals surface area contributed by atoms with Gasteiger partial charge in [0.25, 0.3) is 11.5 Å². The average molecular weight is 377 g/mol. The third kappa shape index (κ3) is 3.93. The van der Waals surface area contributed by atoms with Gasteiger partial charge < -0.3 is 15.5 Å². The molecule has 0 saturated carbocycles. The smallest absolute Gasteiger partial charge is 0.277 e. The number of anilines is 1. The van der Waals surface area contributed by atoms with E-state index in [1.54, 1.807) is 12.1 Å². The number of aromatic nitrogens is 3. The van der Waals surface area contributed by atoms with E-state index in [0.29, 0.717) is 23.7 Å². The lowest BCUT2D eigenvalue weighted by Crippen LogP contribution is -2.30. The molecule has 2 aromatic heterocycles. The molecule has 2 heterocycles. The molecular formula is C17H17ClN4O4. The van der Waals surface area contributed by atoms with Gasteiger partial charge in [-0.2, -0.15) is 5.10 Å². The summed E-state index contributed by atoms with van der Waals surface area (Å²) in [6.07, 6.45) is 2.01. The van der Waals surface area contributed by atoms with Crippen LogP contribution in [0.25, 0.3) is 5.52 Å². The van der Waals surface area contributed by atoms with Gasteiger partial charge in [0.2, 0.25) is 0 Å². The van der Waals surface area contributed by atoms with Crippen molar-refractivity contribution in [3.05, 3.63) is 63.8 Å². The second-order valence-corrected chi connectivity index (χ2v) is 6.19. The Morgan fingerprint density at radius 1 is 1.31 bits per heavy atom. The zero-order valence-corrected chi connectivity index (χ0v) is 14.4. The van der Waals surface area contributed by atoms with Crippen molar-refractivity contribution in [2.24, 2.45) is 0 Å². The molecule has 0 fully saturated rings. The summed E-state index contributed by atoms with van der Waals surface area (Å²) in [6.45, 7) is -0.241. The van der Waals surface area contributed by atoms with E-state index in [1.807, 2.05) is 12.1 Å². The summed E-state index contributed by atoms with van der Waals surface area (Å²) in [5.74, 6) is -0.758. The summed E-state index contributed by atoms with van der Waals surface area (Å²) >= 11 is 5.86. The SMILES string of the molecule is O=C(Nc1cc2c(=O)n(CCc3ccc(Cl)cc3)cnn2c1)C(O)CO. The first-order valence-electron chi connectivity index (χ1n) is 7.90. The molecular weight excluding hydrogens is 360 g/mol. The number of benzene rings is 1. The van der Waals surface area contributed by atoms with Gasteiger partial charge in [0, 0.05) is 11.6 Å². The molecule has 26 heavy (non-hydrogen) atoms. The molecule has 136 valence electrons. The molecule has 9 heteroatoms. The van der Waals surface area contributed by atoms with Crippen LogP contribution in [0.15, 0.2) is 47.7 Å².